The number of ether oxygens (including phenoxy) is 1. The molecule has 138 valence electrons. The third-order valence-electron chi connectivity index (χ3n) is 4.35. The third kappa shape index (κ3) is 3.79. The van der Waals surface area contributed by atoms with Crippen molar-refractivity contribution in [2.45, 2.75) is 26.6 Å². The van der Waals surface area contributed by atoms with Gasteiger partial charge in [-0.25, -0.2) is 14.4 Å². The third-order valence-corrected chi connectivity index (χ3v) is 4.35. The van der Waals surface area contributed by atoms with Crippen molar-refractivity contribution in [3.63, 3.8) is 0 Å². The average Bonchev–Trinajstić information content (AvgIpc) is 3.08. The molecule has 27 heavy (non-hydrogen) atoms. The lowest BCUT2D eigenvalue weighted by atomic mass is 10.2. The molecule has 7 nitrogen and oxygen atoms in total. The van der Waals surface area contributed by atoms with E-state index in [0.29, 0.717) is 36.8 Å². The van der Waals surface area contributed by atoms with Crippen LogP contribution in [0.1, 0.15) is 27.6 Å². The quantitative estimate of drug-likeness (QED) is 0.708. The summed E-state index contributed by atoms with van der Waals surface area (Å²) in [4.78, 5) is 22.5. The molecule has 8 heteroatoms. The van der Waals surface area contributed by atoms with E-state index in [1.54, 1.807) is 36.4 Å². The molecule has 0 aliphatic carbocycles. The van der Waals surface area contributed by atoms with Crippen LogP contribution >= 0.6 is 0 Å². The molecular formula is C19H18FN5O2. The normalized spacial score (nSPS) is 13.3. The summed E-state index contributed by atoms with van der Waals surface area (Å²) in [7, 11) is 0. The van der Waals surface area contributed by atoms with Crippen molar-refractivity contribution in [3.8, 4) is 5.75 Å². The van der Waals surface area contributed by atoms with E-state index in [1.807, 2.05) is 10.7 Å². The maximum Gasteiger partial charge on any atom is 0.257 e. The number of nitrogens with zero attached hydrogens (tertiary/aromatic N) is 5. The first kappa shape index (κ1) is 17.1. The van der Waals surface area contributed by atoms with Crippen LogP contribution in [-0.4, -0.2) is 37.1 Å². The summed E-state index contributed by atoms with van der Waals surface area (Å²) in [6.45, 7) is 3.64. The number of benzene rings is 1. The van der Waals surface area contributed by atoms with Gasteiger partial charge in [0.1, 0.15) is 29.7 Å². The monoisotopic (exact) mass is 367 g/mol. The Balaban J connectivity index is 1.42. The Morgan fingerprint density at radius 3 is 2.81 bits per heavy atom. The molecule has 3 aromatic rings. The molecule has 1 amide bonds. The van der Waals surface area contributed by atoms with E-state index in [1.165, 1.54) is 12.1 Å². The molecule has 4 rings (SSSR count). The molecule has 2 aromatic heterocycles. The second kappa shape index (κ2) is 7.14. The van der Waals surface area contributed by atoms with Crippen molar-refractivity contribution in [1.29, 1.82) is 0 Å². The van der Waals surface area contributed by atoms with Gasteiger partial charge in [-0.05, 0) is 25.1 Å². The molecule has 0 fully saturated rings. The highest BCUT2D eigenvalue weighted by molar-refractivity contribution is 5.93. The Morgan fingerprint density at radius 2 is 2.04 bits per heavy atom. The van der Waals surface area contributed by atoms with Gasteiger partial charge in [-0.1, -0.05) is 6.07 Å². The largest absolute Gasteiger partial charge is 0.487 e. The van der Waals surface area contributed by atoms with Gasteiger partial charge in [0.15, 0.2) is 0 Å². The molecule has 0 saturated heterocycles. The summed E-state index contributed by atoms with van der Waals surface area (Å²) in [5, 5.41) is 4.50. The second-order valence-electron chi connectivity index (χ2n) is 6.34. The Kier molecular flexibility index (Phi) is 4.53. The van der Waals surface area contributed by atoms with Crippen LogP contribution in [0.2, 0.25) is 0 Å². The molecular weight excluding hydrogens is 349 g/mol. The molecule has 0 atom stereocenters. The lowest BCUT2D eigenvalue weighted by Gasteiger charge is -2.27. The van der Waals surface area contributed by atoms with E-state index in [2.05, 4.69) is 15.1 Å². The van der Waals surface area contributed by atoms with Gasteiger partial charge in [-0.3, -0.25) is 9.48 Å². The van der Waals surface area contributed by atoms with Gasteiger partial charge in [0.05, 0.1) is 24.3 Å². The van der Waals surface area contributed by atoms with E-state index in [4.69, 9.17) is 4.74 Å². The number of halogens is 1. The summed E-state index contributed by atoms with van der Waals surface area (Å²) in [6, 6.07) is 7.90. The zero-order valence-corrected chi connectivity index (χ0v) is 14.8. The SMILES string of the molecule is Cc1ncc(C(=O)N2CCn3nc(COc4cccc(F)c4)cc3C2)cn1. The maximum absolute atomic E-state index is 13.2. The minimum Gasteiger partial charge on any atom is -0.487 e. The predicted molar refractivity (Wildman–Crippen MR) is 94.5 cm³/mol. The van der Waals surface area contributed by atoms with Crippen LogP contribution in [0.15, 0.2) is 42.7 Å². The Hall–Kier alpha value is -3.29. The van der Waals surface area contributed by atoms with E-state index in [-0.39, 0.29) is 18.3 Å². The topological polar surface area (TPSA) is 73.1 Å². The molecule has 1 aromatic carbocycles. The van der Waals surface area contributed by atoms with Gasteiger partial charge in [0.25, 0.3) is 5.91 Å². The first-order chi connectivity index (χ1) is 13.1. The van der Waals surface area contributed by atoms with E-state index in [9.17, 15) is 9.18 Å². The fraction of sp³-hybridized carbons (Fsp3) is 0.263. The van der Waals surface area contributed by atoms with E-state index >= 15 is 0 Å². The predicted octanol–water partition coefficient (Wildman–Crippen LogP) is 2.36. The van der Waals surface area contributed by atoms with Gasteiger partial charge < -0.3 is 9.64 Å². The Morgan fingerprint density at radius 1 is 1.22 bits per heavy atom. The average molecular weight is 367 g/mol. The highest BCUT2D eigenvalue weighted by atomic mass is 19.1. The number of amides is 1. The molecule has 0 spiro atoms. The molecule has 0 saturated carbocycles. The number of aryl methyl sites for hydroxylation is 1. The number of aromatic nitrogens is 4. The molecule has 1 aliphatic rings. The number of hydrogen-bond acceptors (Lipinski definition) is 5. The van der Waals surface area contributed by atoms with Crippen LogP contribution < -0.4 is 4.74 Å². The van der Waals surface area contributed by atoms with Crippen LogP contribution in [0.5, 0.6) is 5.75 Å². The van der Waals surface area contributed by atoms with Crippen LogP contribution in [0, 0.1) is 12.7 Å². The zero-order chi connectivity index (χ0) is 18.8. The van der Waals surface area contributed by atoms with E-state index < -0.39 is 0 Å². The molecule has 1 aliphatic heterocycles. The van der Waals surface area contributed by atoms with Crippen molar-refractivity contribution in [1.82, 2.24) is 24.6 Å². The van der Waals surface area contributed by atoms with Crippen molar-refractivity contribution in [3.05, 3.63) is 71.3 Å². The van der Waals surface area contributed by atoms with Crippen LogP contribution in [0.25, 0.3) is 0 Å². The fourth-order valence-corrected chi connectivity index (χ4v) is 2.97. The van der Waals surface area contributed by atoms with Gasteiger partial charge in [-0.2, -0.15) is 5.10 Å². The summed E-state index contributed by atoms with van der Waals surface area (Å²) in [5.74, 6) is 0.647. The first-order valence-electron chi connectivity index (χ1n) is 8.60. The van der Waals surface area contributed by atoms with Gasteiger partial charge in [0, 0.05) is 25.0 Å². The fourth-order valence-electron chi connectivity index (χ4n) is 2.97. The van der Waals surface area contributed by atoms with Crippen molar-refractivity contribution in [2.75, 3.05) is 6.54 Å². The molecule has 0 bridgehead atoms. The summed E-state index contributed by atoms with van der Waals surface area (Å²) >= 11 is 0. The Labute approximate surface area is 155 Å². The molecule has 0 radical (unpaired) electrons. The zero-order valence-electron chi connectivity index (χ0n) is 14.8. The van der Waals surface area contributed by atoms with Crippen LogP contribution in [0.4, 0.5) is 4.39 Å². The van der Waals surface area contributed by atoms with Gasteiger partial charge in [0.2, 0.25) is 0 Å². The van der Waals surface area contributed by atoms with Crippen LogP contribution in [0.3, 0.4) is 0 Å². The minimum atomic E-state index is -0.342. The molecule has 0 unspecified atom stereocenters. The molecule has 0 N–H and O–H groups in total. The Bertz CT molecular complexity index is 970. The minimum absolute atomic E-state index is 0.0972. The van der Waals surface area contributed by atoms with E-state index in [0.717, 1.165) is 11.4 Å². The van der Waals surface area contributed by atoms with Crippen LogP contribution in [-0.2, 0) is 19.7 Å². The highest BCUT2D eigenvalue weighted by Gasteiger charge is 2.23. The number of rotatable bonds is 4. The standard InChI is InChI=1S/C19H18FN5O2/c1-13-21-9-14(10-22-13)19(26)24-5-6-25-17(11-24)8-16(23-25)12-27-18-4-2-3-15(20)7-18/h2-4,7-10H,5-6,11-12H2,1H3. The lowest BCUT2D eigenvalue weighted by Crippen LogP contribution is -2.38. The maximum atomic E-state index is 13.2. The lowest BCUT2D eigenvalue weighted by molar-refractivity contribution is 0.0705. The summed E-state index contributed by atoms with van der Waals surface area (Å²) in [6.07, 6.45) is 3.10. The van der Waals surface area contributed by atoms with Crippen molar-refractivity contribution >= 4 is 5.91 Å². The van der Waals surface area contributed by atoms with Gasteiger partial charge >= 0.3 is 0 Å². The second-order valence-corrected chi connectivity index (χ2v) is 6.34. The smallest absolute Gasteiger partial charge is 0.257 e. The summed E-state index contributed by atoms with van der Waals surface area (Å²) < 4.78 is 20.7. The number of carbonyl (C=O) groups excluding carboxylic acids is 1. The first-order valence-corrected chi connectivity index (χ1v) is 8.60. The van der Waals surface area contributed by atoms with Crippen molar-refractivity contribution < 1.29 is 13.9 Å². The number of hydrogen-bond donors (Lipinski definition) is 0. The highest BCUT2D eigenvalue weighted by Crippen LogP contribution is 2.18. The number of carbonyl (C=O) groups is 1. The van der Waals surface area contributed by atoms with Gasteiger partial charge in [-0.15, -0.1) is 0 Å². The number of fused-ring (bicyclic) bond motifs is 1. The molecule has 3 heterocycles. The van der Waals surface area contributed by atoms with Crippen molar-refractivity contribution in [2.24, 2.45) is 0 Å². The summed E-state index contributed by atoms with van der Waals surface area (Å²) in [5.41, 5.74) is 2.14.